The molecule has 0 radical (unpaired) electrons. The normalized spacial score (nSPS) is 11.6. The third-order valence-corrected chi connectivity index (χ3v) is 5.65. The van der Waals surface area contributed by atoms with Crippen molar-refractivity contribution in [2.75, 3.05) is 0 Å². The number of carboxylic acid groups (broad SMARTS) is 1. The van der Waals surface area contributed by atoms with Crippen molar-refractivity contribution < 1.29 is 19.4 Å². The molecule has 0 heterocycles. The molecule has 0 fully saturated rings. The standard InChI is InChI=1S/C30H28O4/c31-30(32)19-27(26-14-8-3-9-15-26)28-18-25(21-33-20-23-10-4-1-5-11-23)16-17-29(28)34-22-24-12-6-2-7-13-24/h1-18,27H,19-22H2,(H,31,32)/t27-/m1/s1. The topological polar surface area (TPSA) is 55.8 Å². The Hall–Kier alpha value is -3.89. The largest absolute Gasteiger partial charge is 0.489 e. The number of ether oxygens (including phenoxy) is 2. The average Bonchev–Trinajstić information content (AvgIpc) is 2.88. The van der Waals surface area contributed by atoms with Crippen molar-refractivity contribution in [3.63, 3.8) is 0 Å². The maximum Gasteiger partial charge on any atom is 0.304 e. The molecular formula is C30H28O4. The minimum absolute atomic E-state index is 0.0277. The Bertz CT molecular complexity index is 1170. The maximum absolute atomic E-state index is 11.8. The first-order valence-electron chi connectivity index (χ1n) is 11.4. The number of carbonyl (C=O) groups is 1. The minimum atomic E-state index is -0.853. The Morgan fingerprint density at radius 1 is 0.676 bits per heavy atom. The molecule has 0 aromatic heterocycles. The van der Waals surface area contributed by atoms with Gasteiger partial charge in [0.25, 0.3) is 0 Å². The summed E-state index contributed by atoms with van der Waals surface area (Å²) in [5, 5.41) is 9.68. The van der Waals surface area contributed by atoms with Crippen molar-refractivity contribution in [3.05, 3.63) is 137 Å². The highest BCUT2D eigenvalue weighted by Crippen LogP contribution is 2.36. The Labute approximate surface area is 200 Å². The van der Waals surface area contributed by atoms with Gasteiger partial charge in [0, 0.05) is 11.5 Å². The van der Waals surface area contributed by atoms with Crippen LogP contribution >= 0.6 is 0 Å². The zero-order chi connectivity index (χ0) is 23.6. The third-order valence-electron chi connectivity index (χ3n) is 5.65. The number of aliphatic carboxylic acids is 1. The van der Waals surface area contributed by atoms with E-state index in [2.05, 4.69) is 0 Å². The highest BCUT2D eigenvalue weighted by Gasteiger charge is 2.22. The van der Waals surface area contributed by atoms with Gasteiger partial charge in [0.2, 0.25) is 0 Å². The Balaban J connectivity index is 1.60. The Morgan fingerprint density at radius 2 is 1.24 bits per heavy atom. The van der Waals surface area contributed by atoms with Gasteiger partial charge in [-0.05, 0) is 34.4 Å². The van der Waals surface area contributed by atoms with Crippen molar-refractivity contribution in [1.82, 2.24) is 0 Å². The highest BCUT2D eigenvalue weighted by atomic mass is 16.5. The van der Waals surface area contributed by atoms with E-state index in [9.17, 15) is 9.90 Å². The molecule has 0 aliphatic heterocycles. The van der Waals surface area contributed by atoms with E-state index in [1.807, 2.05) is 109 Å². The van der Waals surface area contributed by atoms with Gasteiger partial charge in [-0.2, -0.15) is 0 Å². The van der Waals surface area contributed by atoms with Gasteiger partial charge < -0.3 is 14.6 Å². The van der Waals surface area contributed by atoms with Gasteiger partial charge in [-0.1, -0.05) is 97.1 Å². The van der Waals surface area contributed by atoms with E-state index in [-0.39, 0.29) is 12.3 Å². The van der Waals surface area contributed by atoms with Gasteiger partial charge in [0.1, 0.15) is 12.4 Å². The van der Waals surface area contributed by atoms with Gasteiger partial charge in [0.05, 0.1) is 19.6 Å². The van der Waals surface area contributed by atoms with Crippen LogP contribution in [0.2, 0.25) is 0 Å². The predicted octanol–water partition coefficient (Wildman–Crippen LogP) is 6.59. The van der Waals surface area contributed by atoms with Gasteiger partial charge in [-0.25, -0.2) is 0 Å². The lowest BCUT2D eigenvalue weighted by atomic mass is 9.87. The summed E-state index contributed by atoms with van der Waals surface area (Å²) in [6.45, 7) is 1.35. The summed E-state index contributed by atoms with van der Waals surface area (Å²) < 4.78 is 12.1. The molecule has 0 aliphatic carbocycles. The average molecular weight is 453 g/mol. The SMILES string of the molecule is O=C(O)C[C@H](c1ccccc1)c1cc(COCc2ccccc2)ccc1OCc1ccccc1. The lowest BCUT2D eigenvalue weighted by Gasteiger charge is -2.21. The summed E-state index contributed by atoms with van der Waals surface area (Å²) in [6.07, 6.45) is -0.0277. The summed E-state index contributed by atoms with van der Waals surface area (Å²) >= 11 is 0. The fourth-order valence-corrected chi connectivity index (χ4v) is 3.96. The van der Waals surface area contributed by atoms with Gasteiger partial charge >= 0.3 is 5.97 Å². The minimum Gasteiger partial charge on any atom is -0.489 e. The molecule has 1 N–H and O–H groups in total. The molecule has 0 bridgehead atoms. The third kappa shape index (κ3) is 6.56. The van der Waals surface area contributed by atoms with Crippen molar-refractivity contribution >= 4 is 5.97 Å². The van der Waals surface area contributed by atoms with Crippen LogP contribution in [0.3, 0.4) is 0 Å². The highest BCUT2D eigenvalue weighted by molar-refractivity contribution is 5.69. The van der Waals surface area contributed by atoms with Crippen LogP contribution < -0.4 is 4.74 Å². The molecule has 4 aromatic rings. The number of carboxylic acids is 1. The van der Waals surface area contributed by atoms with Crippen LogP contribution in [-0.4, -0.2) is 11.1 Å². The first kappa shape index (κ1) is 23.3. The van der Waals surface area contributed by atoms with Crippen molar-refractivity contribution in [2.24, 2.45) is 0 Å². The molecule has 0 amide bonds. The van der Waals surface area contributed by atoms with Crippen LogP contribution in [0, 0.1) is 0 Å². The van der Waals surface area contributed by atoms with Crippen molar-refractivity contribution in [3.8, 4) is 5.75 Å². The van der Waals surface area contributed by atoms with Crippen LogP contribution in [0.25, 0.3) is 0 Å². The molecule has 34 heavy (non-hydrogen) atoms. The summed E-state index contributed by atoms with van der Waals surface area (Å²) in [5.41, 5.74) is 4.93. The van der Waals surface area contributed by atoms with Gasteiger partial charge in [0.15, 0.2) is 0 Å². The van der Waals surface area contributed by atoms with Crippen LogP contribution in [0.4, 0.5) is 0 Å². The molecule has 0 saturated carbocycles. The molecule has 0 aliphatic rings. The maximum atomic E-state index is 11.8. The van der Waals surface area contributed by atoms with E-state index in [0.717, 1.165) is 27.8 Å². The lowest BCUT2D eigenvalue weighted by Crippen LogP contribution is -2.11. The summed E-state index contributed by atoms with van der Waals surface area (Å²) in [4.78, 5) is 11.8. The van der Waals surface area contributed by atoms with E-state index in [1.54, 1.807) is 0 Å². The van der Waals surface area contributed by atoms with E-state index >= 15 is 0 Å². The fourth-order valence-electron chi connectivity index (χ4n) is 3.96. The monoisotopic (exact) mass is 452 g/mol. The molecule has 0 unspecified atom stereocenters. The van der Waals surface area contributed by atoms with Crippen LogP contribution in [0.15, 0.2) is 109 Å². The summed E-state index contributed by atoms with van der Waals surface area (Å²) in [7, 11) is 0. The first-order valence-corrected chi connectivity index (χ1v) is 11.4. The molecule has 4 rings (SSSR count). The first-order chi connectivity index (χ1) is 16.7. The van der Waals surface area contributed by atoms with E-state index in [0.29, 0.717) is 25.6 Å². The zero-order valence-electron chi connectivity index (χ0n) is 19.0. The second-order valence-electron chi connectivity index (χ2n) is 8.19. The molecule has 172 valence electrons. The van der Waals surface area contributed by atoms with Gasteiger partial charge in [-0.15, -0.1) is 0 Å². The second-order valence-corrected chi connectivity index (χ2v) is 8.19. The number of rotatable bonds is 11. The molecular weight excluding hydrogens is 424 g/mol. The zero-order valence-corrected chi connectivity index (χ0v) is 19.0. The number of hydrogen-bond acceptors (Lipinski definition) is 3. The van der Waals surface area contributed by atoms with Crippen LogP contribution in [-0.2, 0) is 29.4 Å². The van der Waals surface area contributed by atoms with Crippen molar-refractivity contribution in [2.45, 2.75) is 32.2 Å². The van der Waals surface area contributed by atoms with Gasteiger partial charge in [-0.3, -0.25) is 4.79 Å². The number of hydrogen-bond donors (Lipinski definition) is 1. The molecule has 4 nitrogen and oxygen atoms in total. The lowest BCUT2D eigenvalue weighted by molar-refractivity contribution is -0.137. The number of benzene rings is 4. The van der Waals surface area contributed by atoms with E-state index in [4.69, 9.17) is 9.47 Å². The Morgan fingerprint density at radius 3 is 1.85 bits per heavy atom. The second kappa shape index (κ2) is 11.8. The predicted molar refractivity (Wildman–Crippen MR) is 133 cm³/mol. The van der Waals surface area contributed by atoms with E-state index in [1.165, 1.54) is 0 Å². The molecule has 0 saturated heterocycles. The Kier molecular flexibility index (Phi) is 8.09. The van der Waals surface area contributed by atoms with Crippen LogP contribution in [0.5, 0.6) is 5.75 Å². The fraction of sp³-hybridized carbons (Fsp3) is 0.167. The quantitative estimate of drug-likeness (QED) is 0.279. The molecule has 4 aromatic carbocycles. The summed E-state index contributed by atoms with van der Waals surface area (Å²) in [6, 6.07) is 35.6. The molecule has 4 heteroatoms. The van der Waals surface area contributed by atoms with E-state index < -0.39 is 5.97 Å². The summed E-state index contributed by atoms with van der Waals surface area (Å²) in [5.74, 6) is -0.502. The molecule has 0 spiro atoms. The molecule has 1 atom stereocenters. The smallest absolute Gasteiger partial charge is 0.304 e. The van der Waals surface area contributed by atoms with Crippen LogP contribution in [0.1, 0.15) is 40.2 Å². The van der Waals surface area contributed by atoms with Crippen molar-refractivity contribution in [1.29, 1.82) is 0 Å².